The molecule has 0 saturated carbocycles. The van der Waals surface area contributed by atoms with E-state index in [1.807, 2.05) is 48.5 Å². The maximum atomic E-state index is 9.90. The number of fused-ring (bicyclic) bond motifs is 3. The molecule has 0 saturated heterocycles. The Bertz CT molecular complexity index is 1770. The fraction of sp³-hybridized carbons (Fsp3) is 0. The molecule has 5 aromatic carbocycles. The van der Waals surface area contributed by atoms with Crippen LogP contribution in [0.3, 0.4) is 0 Å². The van der Waals surface area contributed by atoms with E-state index in [2.05, 4.69) is 64.0 Å². The van der Waals surface area contributed by atoms with Gasteiger partial charge < -0.3 is 4.57 Å². The highest BCUT2D eigenvalue weighted by molar-refractivity contribution is 6.17. The molecule has 0 bridgehead atoms. The Labute approximate surface area is 203 Å². The van der Waals surface area contributed by atoms with Gasteiger partial charge in [0, 0.05) is 27.6 Å². The smallest absolute Gasteiger partial charge is 0.196 e. The zero-order valence-electron chi connectivity index (χ0n) is 18.8. The van der Waals surface area contributed by atoms with Crippen LogP contribution in [-0.2, 0) is 0 Å². The third-order valence-electron chi connectivity index (χ3n) is 6.46. The van der Waals surface area contributed by atoms with Gasteiger partial charge in [-0.15, -0.1) is 0 Å². The van der Waals surface area contributed by atoms with E-state index in [-0.39, 0.29) is 0 Å². The first-order valence-electron chi connectivity index (χ1n) is 11.4. The van der Waals surface area contributed by atoms with Crippen molar-refractivity contribution in [3.05, 3.63) is 132 Å². The summed E-state index contributed by atoms with van der Waals surface area (Å²) in [4.78, 5) is 3.76. The van der Waals surface area contributed by atoms with Crippen molar-refractivity contribution in [3.63, 3.8) is 0 Å². The van der Waals surface area contributed by atoms with Gasteiger partial charge in [0.15, 0.2) is 5.69 Å². The van der Waals surface area contributed by atoms with Crippen molar-refractivity contribution in [3.8, 4) is 34.0 Å². The van der Waals surface area contributed by atoms with Crippen LogP contribution >= 0.6 is 0 Å². The van der Waals surface area contributed by atoms with Crippen LogP contribution in [0.25, 0.3) is 54.6 Å². The quantitative estimate of drug-likeness (QED) is 0.251. The number of nitriles is 1. The summed E-state index contributed by atoms with van der Waals surface area (Å²) in [6, 6.07) is 41.0. The molecule has 0 aliphatic carbocycles. The van der Waals surface area contributed by atoms with Crippen molar-refractivity contribution in [2.24, 2.45) is 0 Å². The summed E-state index contributed by atoms with van der Waals surface area (Å²) in [6.45, 7) is 7.77. The van der Waals surface area contributed by atoms with Gasteiger partial charge in [0.2, 0.25) is 0 Å². The van der Waals surface area contributed by atoms with Gasteiger partial charge >= 0.3 is 0 Å². The third kappa shape index (κ3) is 3.27. The zero-order chi connectivity index (χ0) is 23.8. The Balaban J connectivity index is 1.79. The van der Waals surface area contributed by atoms with Crippen LogP contribution in [0.5, 0.6) is 0 Å². The summed E-state index contributed by atoms with van der Waals surface area (Å²) < 4.78 is 2.26. The molecule has 0 atom stereocenters. The Kier molecular flexibility index (Phi) is 4.88. The highest BCUT2D eigenvalue weighted by Gasteiger charge is 2.20. The predicted octanol–water partition coefficient (Wildman–Crippen LogP) is 8.54. The van der Waals surface area contributed by atoms with Gasteiger partial charge in [0.05, 0.1) is 23.7 Å². The number of rotatable bonds is 3. The predicted molar refractivity (Wildman–Crippen MR) is 143 cm³/mol. The summed E-state index contributed by atoms with van der Waals surface area (Å²) in [7, 11) is 0. The van der Waals surface area contributed by atoms with Crippen molar-refractivity contribution in [2.75, 3.05) is 0 Å². The molecule has 0 amide bonds. The van der Waals surface area contributed by atoms with Crippen molar-refractivity contribution in [1.29, 1.82) is 5.26 Å². The maximum Gasteiger partial charge on any atom is 0.196 e. The van der Waals surface area contributed by atoms with Gasteiger partial charge in [-0.3, -0.25) is 0 Å². The van der Waals surface area contributed by atoms with Crippen LogP contribution in [0.2, 0.25) is 0 Å². The van der Waals surface area contributed by atoms with E-state index in [1.165, 1.54) is 0 Å². The molecule has 0 N–H and O–H groups in total. The molecule has 0 aliphatic rings. The average Bonchev–Trinajstić information content (AvgIpc) is 3.27. The van der Waals surface area contributed by atoms with Gasteiger partial charge in [-0.2, -0.15) is 5.26 Å². The van der Waals surface area contributed by atoms with Gasteiger partial charge in [0.25, 0.3) is 0 Å². The summed E-state index contributed by atoms with van der Waals surface area (Å²) in [5.41, 5.74) is 8.03. The molecule has 6 rings (SSSR count). The minimum atomic E-state index is 0.483. The van der Waals surface area contributed by atoms with Crippen molar-refractivity contribution in [1.82, 2.24) is 4.57 Å². The number of nitrogens with zero attached hydrogens (tertiary/aromatic N) is 3. The molecule has 35 heavy (non-hydrogen) atoms. The number of aromatic nitrogens is 1. The summed E-state index contributed by atoms with van der Waals surface area (Å²) in [6.07, 6.45) is 0. The van der Waals surface area contributed by atoms with E-state index in [1.54, 1.807) is 18.2 Å². The van der Waals surface area contributed by atoms with Crippen LogP contribution in [-0.4, -0.2) is 4.57 Å². The highest BCUT2D eigenvalue weighted by Crippen LogP contribution is 2.43. The Morgan fingerprint density at radius 3 is 2.17 bits per heavy atom. The third-order valence-corrected chi connectivity index (χ3v) is 6.46. The number of para-hydroxylation sites is 1. The van der Waals surface area contributed by atoms with Gasteiger partial charge in [-0.05, 0) is 53.1 Å². The minimum absolute atomic E-state index is 0.483. The van der Waals surface area contributed by atoms with Crippen LogP contribution < -0.4 is 0 Å². The van der Waals surface area contributed by atoms with Crippen LogP contribution in [0, 0.1) is 17.9 Å². The van der Waals surface area contributed by atoms with Crippen molar-refractivity contribution >= 4 is 27.5 Å². The summed E-state index contributed by atoms with van der Waals surface area (Å²) in [5.74, 6) is 0. The molecular weight excluding hydrogens is 426 g/mol. The summed E-state index contributed by atoms with van der Waals surface area (Å²) in [5, 5.41) is 12.0. The Morgan fingerprint density at radius 1 is 0.686 bits per heavy atom. The molecule has 1 heterocycles. The zero-order valence-corrected chi connectivity index (χ0v) is 18.8. The fourth-order valence-corrected chi connectivity index (χ4v) is 4.95. The first-order valence-corrected chi connectivity index (χ1v) is 11.4. The highest BCUT2D eigenvalue weighted by atomic mass is 15.0. The lowest BCUT2D eigenvalue weighted by atomic mass is 9.93. The van der Waals surface area contributed by atoms with Crippen molar-refractivity contribution in [2.45, 2.75) is 0 Å². The largest absolute Gasteiger partial charge is 0.309 e. The minimum Gasteiger partial charge on any atom is -0.309 e. The lowest BCUT2D eigenvalue weighted by molar-refractivity contribution is 1.18. The molecular formula is C32H19N3. The Morgan fingerprint density at radius 2 is 1.43 bits per heavy atom. The van der Waals surface area contributed by atoms with Crippen molar-refractivity contribution < 1.29 is 0 Å². The lowest BCUT2D eigenvalue weighted by Gasteiger charge is -2.10. The van der Waals surface area contributed by atoms with E-state index in [0.29, 0.717) is 16.8 Å². The van der Waals surface area contributed by atoms with Gasteiger partial charge in [-0.25, -0.2) is 4.85 Å². The lowest BCUT2D eigenvalue weighted by Crippen LogP contribution is -1.93. The van der Waals surface area contributed by atoms with E-state index < -0.39 is 0 Å². The first-order chi connectivity index (χ1) is 17.3. The molecule has 0 radical (unpaired) electrons. The standard InChI is InChI=1S/C32H19N3/c1-34-28-16-8-12-24(21-33)31(28)26-15-9-17-30-32(26)27-20-23(22-10-4-2-5-11-22)18-19-29(27)35(30)25-13-6-3-7-14-25/h2-20H. The van der Waals surface area contributed by atoms with Gasteiger partial charge in [-0.1, -0.05) is 78.9 Å². The number of hydrogen-bond acceptors (Lipinski definition) is 1. The van der Waals surface area contributed by atoms with E-state index in [0.717, 1.165) is 44.2 Å². The molecule has 3 heteroatoms. The maximum absolute atomic E-state index is 9.90. The van der Waals surface area contributed by atoms with Gasteiger partial charge in [0.1, 0.15) is 0 Å². The van der Waals surface area contributed by atoms with E-state index in [9.17, 15) is 5.26 Å². The van der Waals surface area contributed by atoms with Crippen LogP contribution in [0.4, 0.5) is 5.69 Å². The molecule has 0 aliphatic heterocycles. The molecule has 3 nitrogen and oxygen atoms in total. The second-order valence-corrected chi connectivity index (χ2v) is 8.39. The fourth-order valence-electron chi connectivity index (χ4n) is 4.95. The monoisotopic (exact) mass is 445 g/mol. The molecule has 0 spiro atoms. The SMILES string of the molecule is [C-]#[N+]c1cccc(C#N)c1-c1cccc2c1c1cc(-c3ccccc3)ccc1n2-c1ccccc1. The number of benzene rings is 5. The molecule has 162 valence electrons. The second-order valence-electron chi connectivity index (χ2n) is 8.39. The van der Waals surface area contributed by atoms with E-state index in [4.69, 9.17) is 6.57 Å². The number of hydrogen-bond donors (Lipinski definition) is 0. The van der Waals surface area contributed by atoms with Crippen LogP contribution in [0.15, 0.2) is 115 Å². The Hall–Kier alpha value is -5.12. The summed E-state index contributed by atoms with van der Waals surface area (Å²) >= 11 is 0. The first kappa shape index (κ1) is 20.5. The molecule has 1 aromatic heterocycles. The normalized spacial score (nSPS) is 10.8. The topological polar surface area (TPSA) is 33.1 Å². The average molecular weight is 446 g/mol. The van der Waals surface area contributed by atoms with E-state index >= 15 is 0 Å². The van der Waals surface area contributed by atoms with Crippen LogP contribution in [0.1, 0.15) is 5.56 Å². The second kappa shape index (κ2) is 8.34. The molecule has 6 aromatic rings. The molecule has 0 fully saturated rings. The molecule has 0 unspecified atom stereocenters.